The molecule has 1 aromatic heterocycles. The lowest BCUT2D eigenvalue weighted by molar-refractivity contribution is -0.123. The summed E-state index contributed by atoms with van der Waals surface area (Å²) in [6.07, 6.45) is 2.21. The number of hydrogen-bond acceptors (Lipinski definition) is 4. The molecule has 1 amide bonds. The largest absolute Gasteiger partial charge is 0.379 e. The molecule has 35 heavy (non-hydrogen) atoms. The Morgan fingerprint density at radius 1 is 1.06 bits per heavy atom. The van der Waals surface area contributed by atoms with Gasteiger partial charge in [0.15, 0.2) is 0 Å². The van der Waals surface area contributed by atoms with Crippen molar-refractivity contribution in [2.24, 2.45) is 5.41 Å². The van der Waals surface area contributed by atoms with Crippen molar-refractivity contribution in [1.82, 2.24) is 9.88 Å². The predicted octanol–water partition coefficient (Wildman–Crippen LogP) is 5.79. The molecule has 1 fully saturated rings. The monoisotopic (exact) mass is 472 g/mol. The molecule has 2 aliphatic rings. The molecule has 3 heterocycles. The van der Waals surface area contributed by atoms with E-state index in [0.717, 1.165) is 60.8 Å². The van der Waals surface area contributed by atoms with Gasteiger partial charge in [-0.25, -0.2) is 0 Å². The summed E-state index contributed by atoms with van der Waals surface area (Å²) in [7, 11) is 2.18. The van der Waals surface area contributed by atoms with E-state index in [9.17, 15) is 4.79 Å². The molecule has 0 radical (unpaired) electrons. The van der Waals surface area contributed by atoms with E-state index in [1.54, 1.807) is 0 Å². The van der Waals surface area contributed by atoms with E-state index in [1.807, 2.05) is 45.0 Å². The Labute approximate surface area is 208 Å². The first-order valence-corrected chi connectivity index (χ1v) is 12.6. The number of amides is 1. The standard InChI is InChI=1S/C29H36N4O2/c1-29(2,3)28(34)31-21-11-9-19(10-12-21)24-17-25-26(32-24)27(35-22-13-15-33(4)16-14-22)23-8-6-5-7-20(23)18-30-25/h5-12,17,22,27,30,32H,13-16,18H2,1-4H3,(H,31,34). The molecule has 5 rings (SSSR count). The number of carbonyl (C=O) groups is 1. The van der Waals surface area contributed by atoms with E-state index in [4.69, 9.17) is 4.74 Å². The highest BCUT2D eigenvalue weighted by atomic mass is 16.5. The highest BCUT2D eigenvalue weighted by Gasteiger charge is 2.30. The van der Waals surface area contributed by atoms with Gasteiger partial charge >= 0.3 is 0 Å². The lowest BCUT2D eigenvalue weighted by Gasteiger charge is -2.32. The first kappa shape index (κ1) is 23.6. The van der Waals surface area contributed by atoms with Gasteiger partial charge in [0, 0.05) is 36.4 Å². The van der Waals surface area contributed by atoms with Gasteiger partial charge in [-0.05, 0) is 54.8 Å². The number of anilines is 2. The maximum absolute atomic E-state index is 12.3. The molecule has 0 saturated carbocycles. The number of nitrogens with one attached hydrogen (secondary N) is 3. The van der Waals surface area contributed by atoms with Crippen molar-refractivity contribution in [3.05, 3.63) is 71.4 Å². The van der Waals surface area contributed by atoms with Crippen molar-refractivity contribution in [2.45, 2.75) is 52.4 Å². The van der Waals surface area contributed by atoms with E-state index in [2.05, 4.69) is 57.9 Å². The number of ether oxygens (including phenoxy) is 1. The number of aromatic amines is 1. The van der Waals surface area contributed by atoms with Crippen molar-refractivity contribution >= 4 is 17.3 Å². The third kappa shape index (κ3) is 5.14. The van der Waals surface area contributed by atoms with Crippen molar-refractivity contribution in [2.75, 3.05) is 30.8 Å². The topological polar surface area (TPSA) is 69.4 Å². The summed E-state index contributed by atoms with van der Waals surface area (Å²) >= 11 is 0. The minimum absolute atomic E-state index is 0.00796. The highest BCUT2D eigenvalue weighted by molar-refractivity contribution is 5.94. The summed E-state index contributed by atoms with van der Waals surface area (Å²) in [6, 6.07) is 18.8. The minimum Gasteiger partial charge on any atom is -0.379 e. The van der Waals surface area contributed by atoms with Crippen molar-refractivity contribution in [3.63, 3.8) is 0 Å². The smallest absolute Gasteiger partial charge is 0.229 e. The molecule has 1 saturated heterocycles. The lowest BCUT2D eigenvalue weighted by atomic mass is 9.95. The molecule has 6 heteroatoms. The van der Waals surface area contributed by atoms with Crippen LogP contribution in [0.1, 0.15) is 56.5 Å². The summed E-state index contributed by atoms with van der Waals surface area (Å²) in [4.78, 5) is 18.4. The quantitative estimate of drug-likeness (QED) is 0.449. The van der Waals surface area contributed by atoms with Crippen LogP contribution in [0.4, 0.5) is 11.4 Å². The minimum atomic E-state index is -0.430. The summed E-state index contributed by atoms with van der Waals surface area (Å²) in [5, 5.41) is 6.62. The fourth-order valence-electron chi connectivity index (χ4n) is 4.78. The molecular formula is C29H36N4O2. The van der Waals surface area contributed by atoms with Crippen molar-refractivity contribution in [1.29, 1.82) is 0 Å². The van der Waals surface area contributed by atoms with Crippen LogP contribution in [-0.4, -0.2) is 42.0 Å². The Bertz CT molecular complexity index is 1180. The summed E-state index contributed by atoms with van der Waals surface area (Å²) < 4.78 is 6.81. The van der Waals surface area contributed by atoms with Gasteiger partial charge in [-0.15, -0.1) is 0 Å². The van der Waals surface area contributed by atoms with Crippen LogP contribution >= 0.6 is 0 Å². The molecule has 2 aromatic carbocycles. The fraction of sp³-hybridized carbons (Fsp3) is 0.414. The van der Waals surface area contributed by atoms with Crippen LogP contribution in [0, 0.1) is 5.41 Å². The number of likely N-dealkylation sites (tertiary alicyclic amines) is 1. The van der Waals surface area contributed by atoms with Gasteiger partial charge in [0.1, 0.15) is 6.10 Å². The number of carbonyl (C=O) groups excluding carboxylic acids is 1. The van der Waals surface area contributed by atoms with Crippen LogP contribution in [0.2, 0.25) is 0 Å². The van der Waals surface area contributed by atoms with E-state index < -0.39 is 5.41 Å². The predicted molar refractivity (Wildman–Crippen MR) is 142 cm³/mol. The van der Waals surface area contributed by atoms with Crippen LogP contribution in [0.5, 0.6) is 0 Å². The Hall–Kier alpha value is -3.09. The second kappa shape index (κ2) is 9.51. The number of nitrogens with zero attached hydrogens (tertiary/aromatic N) is 1. The maximum Gasteiger partial charge on any atom is 0.229 e. The van der Waals surface area contributed by atoms with Crippen LogP contribution in [0.25, 0.3) is 11.3 Å². The Morgan fingerprint density at radius 3 is 2.49 bits per heavy atom. The van der Waals surface area contributed by atoms with Gasteiger partial charge in [-0.2, -0.15) is 0 Å². The molecule has 1 atom stereocenters. The first-order chi connectivity index (χ1) is 16.8. The zero-order chi connectivity index (χ0) is 24.6. The maximum atomic E-state index is 12.3. The SMILES string of the molecule is CN1CCC(OC2c3ccccc3CNc3cc(-c4ccc(NC(=O)C(C)(C)C)cc4)[nH]c32)CC1. The highest BCUT2D eigenvalue weighted by Crippen LogP contribution is 2.40. The molecule has 184 valence electrons. The van der Waals surface area contributed by atoms with E-state index in [0.29, 0.717) is 0 Å². The summed E-state index contributed by atoms with van der Waals surface area (Å²) in [5.74, 6) is 0.00796. The number of hydrogen-bond donors (Lipinski definition) is 3. The average molecular weight is 473 g/mol. The molecule has 1 unspecified atom stereocenters. The molecular weight excluding hydrogens is 436 g/mol. The Balaban J connectivity index is 1.43. The van der Waals surface area contributed by atoms with Crippen molar-refractivity contribution in [3.8, 4) is 11.3 Å². The Kier molecular flexibility index (Phi) is 6.43. The molecule has 6 nitrogen and oxygen atoms in total. The molecule has 0 aliphatic carbocycles. The van der Waals surface area contributed by atoms with Gasteiger partial charge in [-0.3, -0.25) is 4.79 Å². The zero-order valence-corrected chi connectivity index (χ0v) is 21.2. The fourth-order valence-corrected chi connectivity index (χ4v) is 4.78. The number of fused-ring (bicyclic) bond motifs is 2. The summed E-state index contributed by atoms with van der Waals surface area (Å²) in [5.41, 5.74) is 7.14. The molecule has 3 N–H and O–H groups in total. The summed E-state index contributed by atoms with van der Waals surface area (Å²) in [6.45, 7) is 8.65. The van der Waals surface area contributed by atoms with E-state index in [-0.39, 0.29) is 18.1 Å². The van der Waals surface area contributed by atoms with Gasteiger partial charge in [0.05, 0.1) is 17.5 Å². The van der Waals surface area contributed by atoms with Crippen LogP contribution < -0.4 is 10.6 Å². The Morgan fingerprint density at radius 2 is 1.77 bits per heavy atom. The number of piperidine rings is 1. The first-order valence-electron chi connectivity index (χ1n) is 12.6. The second-order valence-corrected chi connectivity index (χ2v) is 10.9. The molecule has 3 aromatic rings. The van der Waals surface area contributed by atoms with Crippen LogP contribution in [0.15, 0.2) is 54.6 Å². The zero-order valence-electron chi connectivity index (χ0n) is 21.2. The molecule has 0 bridgehead atoms. The number of rotatable bonds is 4. The van der Waals surface area contributed by atoms with Gasteiger partial charge in [-0.1, -0.05) is 57.2 Å². The van der Waals surface area contributed by atoms with Crippen LogP contribution in [0.3, 0.4) is 0 Å². The molecule has 2 aliphatic heterocycles. The molecule has 0 spiro atoms. The van der Waals surface area contributed by atoms with Gasteiger partial charge < -0.3 is 25.3 Å². The van der Waals surface area contributed by atoms with Gasteiger partial charge in [0.2, 0.25) is 5.91 Å². The second-order valence-electron chi connectivity index (χ2n) is 10.9. The number of H-pyrrole nitrogens is 1. The normalized spacial score (nSPS) is 18.8. The van der Waals surface area contributed by atoms with E-state index >= 15 is 0 Å². The van der Waals surface area contributed by atoms with Crippen LogP contribution in [-0.2, 0) is 16.1 Å². The average Bonchev–Trinajstić information content (AvgIpc) is 3.20. The number of benzene rings is 2. The van der Waals surface area contributed by atoms with E-state index in [1.165, 1.54) is 11.1 Å². The number of aromatic nitrogens is 1. The third-order valence-electron chi connectivity index (χ3n) is 7.05. The lowest BCUT2D eigenvalue weighted by Crippen LogP contribution is -2.35. The van der Waals surface area contributed by atoms with Crippen molar-refractivity contribution < 1.29 is 9.53 Å². The third-order valence-corrected chi connectivity index (χ3v) is 7.05. The van der Waals surface area contributed by atoms with Gasteiger partial charge in [0.25, 0.3) is 0 Å².